The minimum absolute atomic E-state index is 0.0437. The first-order chi connectivity index (χ1) is 14.4. The minimum Gasteiger partial charge on any atom is -0.396 e. The summed E-state index contributed by atoms with van der Waals surface area (Å²) in [4.78, 5) is 27.0. The number of hydrogen-bond acceptors (Lipinski definition) is 4. The van der Waals surface area contributed by atoms with Gasteiger partial charge in [0.15, 0.2) is 0 Å². The standard InChI is InChI=1S/C12H16FNO2.C8H7ClN2.CH3NO/c13-11-5-2-10(3-6-11)4-7-12(16)14-8-1-9-15;1-5-2-6-3-8(9)10-4-7(6)11-5;2-1-3/h2-3,5-6,15H,1,4,7-9H2,(H,14,16);2-4,11H,1H3;1H,(H2,2,3). The molecule has 2 aromatic heterocycles. The Morgan fingerprint density at radius 3 is 2.63 bits per heavy atom. The lowest BCUT2D eigenvalue weighted by Gasteiger charge is -2.04. The number of rotatable bonds is 6. The van der Waals surface area contributed by atoms with Gasteiger partial charge in [-0.3, -0.25) is 9.59 Å². The number of nitrogens with two attached hydrogens (primary N) is 1. The molecule has 30 heavy (non-hydrogen) atoms. The Labute approximate surface area is 179 Å². The second kappa shape index (κ2) is 14.1. The van der Waals surface area contributed by atoms with Crippen molar-refractivity contribution in [2.24, 2.45) is 5.73 Å². The van der Waals surface area contributed by atoms with Gasteiger partial charge in [-0.25, -0.2) is 9.37 Å². The second-order valence-corrected chi connectivity index (χ2v) is 6.62. The van der Waals surface area contributed by atoms with E-state index >= 15 is 0 Å². The van der Waals surface area contributed by atoms with Gasteiger partial charge in [0.25, 0.3) is 0 Å². The van der Waals surface area contributed by atoms with Crippen molar-refractivity contribution in [2.45, 2.75) is 26.2 Å². The molecule has 2 heterocycles. The Morgan fingerprint density at radius 2 is 2.00 bits per heavy atom. The third-order valence-electron chi connectivity index (χ3n) is 3.82. The molecular weight excluding hydrogens is 411 g/mol. The maximum Gasteiger partial charge on any atom is 0.220 e. The number of aromatic nitrogens is 2. The van der Waals surface area contributed by atoms with E-state index in [0.29, 0.717) is 31.0 Å². The second-order valence-electron chi connectivity index (χ2n) is 6.24. The molecule has 0 spiro atoms. The van der Waals surface area contributed by atoms with Crippen molar-refractivity contribution in [1.29, 1.82) is 0 Å². The zero-order valence-corrected chi connectivity index (χ0v) is 17.5. The Morgan fingerprint density at radius 1 is 1.33 bits per heavy atom. The number of aryl methyl sites for hydroxylation is 2. The number of carbonyl (C=O) groups is 2. The number of aliphatic hydroxyl groups is 1. The van der Waals surface area contributed by atoms with E-state index in [1.165, 1.54) is 12.1 Å². The Hall–Kier alpha value is -2.97. The summed E-state index contributed by atoms with van der Waals surface area (Å²) >= 11 is 5.70. The van der Waals surface area contributed by atoms with E-state index < -0.39 is 0 Å². The molecule has 0 atom stereocenters. The molecule has 1 aromatic carbocycles. The number of aromatic amines is 1. The maximum atomic E-state index is 12.6. The van der Waals surface area contributed by atoms with Crippen LogP contribution < -0.4 is 11.1 Å². The summed E-state index contributed by atoms with van der Waals surface area (Å²) in [7, 11) is 0. The lowest BCUT2D eigenvalue weighted by Crippen LogP contribution is -2.25. The summed E-state index contributed by atoms with van der Waals surface area (Å²) in [5.74, 6) is -0.311. The SMILES string of the molecule is Cc1cc2cc(Cl)ncc2[nH]1.NC=O.O=C(CCc1ccc(F)cc1)NCCCO. The van der Waals surface area contributed by atoms with Crippen molar-refractivity contribution >= 4 is 34.8 Å². The van der Waals surface area contributed by atoms with Crippen LogP contribution in [0.2, 0.25) is 5.15 Å². The fourth-order valence-corrected chi connectivity index (χ4v) is 2.62. The van der Waals surface area contributed by atoms with E-state index in [0.717, 1.165) is 22.2 Å². The summed E-state index contributed by atoms with van der Waals surface area (Å²) in [6, 6.07) is 10.0. The van der Waals surface area contributed by atoms with Crippen LogP contribution in [-0.2, 0) is 16.0 Å². The van der Waals surface area contributed by atoms with Gasteiger partial charge >= 0.3 is 0 Å². The number of benzene rings is 1. The fourth-order valence-electron chi connectivity index (χ4n) is 2.45. The highest BCUT2D eigenvalue weighted by atomic mass is 35.5. The van der Waals surface area contributed by atoms with Gasteiger partial charge in [-0.1, -0.05) is 23.7 Å². The van der Waals surface area contributed by atoms with Gasteiger partial charge in [0.2, 0.25) is 12.3 Å². The van der Waals surface area contributed by atoms with Crippen LogP contribution in [0.4, 0.5) is 4.39 Å². The maximum absolute atomic E-state index is 12.6. The van der Waals surface area contributed by atoms with Gasteiger partial charge in [-0.15, -0.1) is 0 Å². The number of amides is 2. The number of hydrogen-bond donors (Lipinski definition) is 4. The number of nitrogens with zero attached hydrogens (tertiary/aromatic N) is 1. The average Bonchev–Trinajstić information content (AvgIpc) is 3.08. The molecule has 0 aliphatic heterocycles. The zero-order valence-electron chi connectivity index (χ0n) is 16.7. The lowest BCUT2D eigenvalue weighted by atomic mass is 10.1. The van der Waals surface area contributed by atoms with Crippen LogP contribution in [0.15, 0.2) is 42.6 Å². The molecule has 0 unspecified atom stereocenters. The summed E-state index contributed by atoms with van der Waals surface area (Å²) < 4.78 is 12.6. The Kier molecular flexibility index (Phi) is 11.8. The first-order valence-corrected chi connectivity index (χ1v) is 9.65. The van der Waals surface area contributed by atoms with Crippen LogP contribution in [0.3, 0.4) is 0 Å². The number of aliphatic hydroxyl groups excluding tert-OH is 1. The molecule has 0 saturated carbocycles. The highest BCUT2D eigenvalue weighted by Crippen LogP contribution is 2.16. The van der Waals surface area contributed by atoms with Crippen molar-refractivity contribution in [3.8, 4) is 0 Å². The summed E-state index contributed by atoms with van der Waals surface area (Å²) in [6.45, 7) is 2.59. The average molecular weight is 437 g/mol. The number of H-pyrrole nitrogens is 1. The van der Waals surface area contributed by atoms with Gasteiger partial charge < -0.3 is 21.1 Å². The minimum atomic E-state index is -0.267. The predicted molar refractivity (Wildman–Crippen MR) is 116 cm³/mol. The molecule has 9 heteroatoms. The molecule has 2 amide bonds. The topological polar surface area (TPSA) is 121 Å². The number of nitrogens with one attached hydrogen (secondary N) is 2. The van der Waals surface area contributed by atoms with Gasteiger partial charge in [0.05, 0.1) is 11.7 Å². The largest absolute Gasteiger partial charge is 0.396 e. The first kappa shape index (κ1) is 25.1. The van der Waals surface area contributed by atoms with Crippen LogP contribution in [-0.4, -0.2) is 40.5 Å². The summed E-state index contributed by atoms with van der Waals surface area (Å²) in [5.41, 5.74) is 7.27. The van der Waals surface area contributed by atoms with Gasteiger partial charge in [0, 0.05) is 30.7 Å². The molecule has 162 valence electrons. The van der Waals surface area contributed by atoms with Crippen LogP contribution >= 0.6 is 11.6 Å². The molecule has 5 N–H and O–H groups in total. The van der Waals surface area contributed by atoms with E-state index in [4.69, 9.17) is 21.5 Å². The van der Waals surface area contributed by atoms with Crippen molar-refractivity contribution < 1.29 is 19.1 Å². The van der Waals surface area contributed by atoms with E-state index in [2.05, 4.69) is 21.0 Å². The van der Waals surface area contributed by atoms with E-state index in [9.17, 15) is 9.18 Å². The Balaban J connectivity index is 0.000000277. The number of primary amides is 1. The molecule has 7 nitrogen and oxygen atoms in total. The Bertz CT molecular complexity index is 916. The third-order valence-corrected chi connectivity index (χ3v) is 4.02. The molecule has 0 saturated heterocycles. The van der Waals surface area contributed by atoms with Crippen LogP contribution in [0.5, 0.6) is 0 Å². The molecular formula is C21H26ClFN4O3. The van der Waals surface area contributed by atoms with Crippen LogP contribution in [0.25, 0.3) is 10.9 Å². The van der Waals surface area contributed by atoms with Crippen molar-refractivity contribution in [2.75, 3.05) is 13.2 Å². The van der Waals surface area contributed by atoms with Crippen molar-refractivity contribution in [3.05, 3.63) is 64.8 Å². The molecule has 0 fully saturated rings. The van der Waals surface area contributed by atoms with Crippen molar-refractivity contribution in [3.63, 3.8) is 0 Å². The highest BCUT2D eigenvalue weighted by Gasteiger charge is 2.01. The molecule has 0 bridgehead atoms. The quantitative estimate of drug-likeness (QED) is 0.269. The van der Waals surface area contributed by atoms with Crippen LogP contribution in [0.1, 0.15) is 24.1 Å². The van der Waals surface area contributed by atoms with E-state index in [1.807, 2.05) is 19.1 Å². The van der Waals surface area contributed by atoms with Gasteiger partial charge in [-0.2, -0.15) is 0 Å². The fraction of sp³-hybridized carbons (Fsp3) is 0.286. The number of fused-ring (bicyclic) bond motifs is 1. The smallest absolute Gasteiger partial charge is 0.220 e. The molecule has 0 aliphatic carbocycles. The number of halogens is 2. The monoisotopic (exact) mass is 436 g/mol. The number of carbonyl (C=O) groups excluding carboxylic acids is 2. The van der Waals surface area contributed by atoms with Gasteiger partial charge in [0.1, 0.15) is 11.0 Å². The predicted octanol–water partition coefficient (Wildman–Crippen LogP) is 2.88. The van der Waals surface area contributed by atoms with Crippen LogP contribution in [0, 0.1) is 12.7 Å². The van der Waals surface area contributed by atoms with E-state index in [1.54, 1.807) is 18.3 Å². The summed E-state index contributed by atoms with van der Waals surface area (Å²) in [6.07, 6.45) is 3.55. The molecule has 3 aromatic rings. The first-order valence-electron chi connectivity index (χ1n) is 9.27. The van der Waals surface area contributed by atoms with E-state index in [-0.39, 0.29) is 24.7 Å². The number of pyridine rings is 1. The van der Waals surface area contributed by atoms with Gasteiger partial charge in [-0.05, 0) is 49.6 Å². The lowest BCUT2D eigenvalue weighted by molar-refractivity contribution is -0.121. The summed E-state index contributed by atoms with van der Waals surface area (Å²) in [5, 5.41) is 12.9. The normalized spacial score (nSPS) is 9.73. The zero-order chi connectivity index (χ0) is 22.4. The van der Waals surface area contributed by atoms with Crippen molar-refractivity contribution in [1.82, 2.24) is 15.3 Å². The molecule has 0 aliphatic rings. The molecule has 3 rings (SSSR count). The highest BCUT2D eigenvalue weighted by molar-refractivity contribution is 6.30. The third kappa shape index (κ3) is 9.99. The molecule has 0 radical (unpaired) electrons.